The molecule has 0 atom stereocenters. The summed E-state index contributed by atoms with van der Waals surface area (Å²) in [5, 5.41) is 4.72. The Hall–Kier alpha value is -8.72. The molecular formula is C65H41NO. The Morgan fingerprint density at radius 2 is 0.761 bits per heavy atom. The summed E-state index contributed by atoms with van der Waals surface area (Å²) < 4.78 is 6.67. The Labute approximate surface area is 389 Å². The molecule has 0 N–H and O–H groups in total. The van der Waals surface area contributed by atoms with Gasteiger partial charge in [-0.25, -0.2) is 0 Å². The van der Waals surface area contributed by atoms with Crippen molar-refractivity contribution < 1.29 is 4.42 Å². The maximum Gasteiger partial charge on any atom is 0.143 e. The molecule has 2 aliphatic rings. The van der Waals surface area contributed by atoms with Gasteiger partial charge in [0.15, 0.2) is 0 Å². The molecule has 1 aromatic heterocycles. The lowest BCUT2D eigenvalue weighted by atomic mass is 9.70. The van der Waals surface area contributed by atoms with Crippen LogP contribution in [0.25, 0.3) is 88.3 Å². The van der Waals surface area contributed by atoms with Crippen LogP contribution < -0.4 is 4.90 Å². The summed E-state index contributed by atoms with van der Waals surface area (Å²) in [7, 11) is 0. The quantitative estimate of drug-likeness (QED) is 0.166. The van der Waals surface area contributed by atoms with E-state index in [1.54, 1.807) is 0 Å². The molecule has 67 heavy (non-hydrogen) atoms. The van der Waals surface area contributed by atoms with Gasteiger partial charge < -0.3 is 9.32 Å². The largest absolute Gasteiger partial charge is 0.455 e. The molecule has 11 aromatic carbocycles. The highest BCUT2D eigenvalue weighted by atomic mass is 16.3. The third kappa shape index (κ3) is 5.45. The first-order valence-corrected chi connectivity index (χ1v) is 23.2. The van der Waals surface area contributed by atoms with Crippen LogP contribution >= 0.6 is 0 Å². The van der Waals surface area contributed by atoms with Crippen LogP contribution in [0.2, 0.25) is 0 Å². The highest BCUT2D eigenvalue weighted by Gasteiger charge is 2.52. The van der Waals surface area contributed by atoms with Gasteiger partial charge in [0.25, 0.3) is 0 Å². The van der Waals surface area contributed by atoms with E-state index < -0.39 is 5.41 Å². The van der Waals surface area contributed by atoms with Gasteiger partial charge in [-0.05, 0) is 114 Å². The third-order valence-electron chi connectivity index (χ3n) is 14.5. The first-order chi connectivity index (χ1) is 33.3. The van der Waals surface area contributed by atoms with Crippen molar-refractivity contribution >= 4 is 49.8 Å². The van der Waals surface area contributed by atoms with Crippen molar-refractivity contribution in [1.82, 2.24) is 0 Å². The number of furan rings is 1. The van der Waals surface area contributed by atoms with E-state index in [4.69, 9.17) is 4.42 Å². The molecule has 0 amide bonds. The van der Waals surface area contributed by atoms with E-state index in [2.05, 4.69) is 248 Å². The molecule has 0 bridgehead atoms. The summed E-state index contributed by atoms with van der Waals surface area (Å²) in [5.74, 6) is 0. The second kappa shape index (κ2) is 14.7. The van der Waals surface area contributed by atoms with E-state index in [0.29, 0.717) is 0 Å². The van der Waals surface area contributed by atoms with Crippen LogP contribution in [0.5, 0.6) is 0 Å². The molecule has 1 heterocycles. The minimum absolute atomic E-state index is 0.392. The first kappa shape index (κ1) is 37.6. The number of rotatable bonds is 6. The summed E-state index contributed by atoms with van der Waals surface area (Å²) >= 11 is 0. The fraction of sp³-hybridized carbons (Fsp3) is 0.0154. The number of para-hydroxylation sites is 3. The van der Waals surface area contributed by atoms with Crippen molar-refractivity contribution in [2.45, 2.75) is 5.41 Å². The fourth-order valence-corrected chi connectivity index (χ4v) is 11.7. The Morgan fingerprint density at radius 3 is 1.49 bits per heavy atom. The molecule has 0 aliphatic heterocycles. The zero-order valence-corrected chi connectivity index (χ0v) is 36.5. The second-order valence-corrected chi connectivity index (χ2v) is 17.9. The van der Waals surface area contributed by atoms with Crippen molar-refractivity contribution in [2.24, 2.45) is 0 Å². The minimum Gasteiger partial charge on any atom is -0.455 e. The number of hydrogen-bond acceptors (Lipinski definition) is 2. The molecule has 0 saturated heterocycles. The van der Waals surface area contributed by atoms with Gasteiger partial charge in [-0.2, -0.15) is 0 Å². The number of hydrogen-bond donors (Lipinski definition) is 0. The van der Waals surface area contributed by atoms with E-state index in [9.17, 15) is 0 Å². The Bertz CT molecular complexity index is 3880. The van der Waals surface area contributed by atoms with Crippen LogP contribution in [0.15, 0.2) is 253 Å². The topological polar surface area (TPSA) is 16.4 Å². The molecule has 0 saturated carbocycles. The summed E-state index contributed by atoms with van der Waals surface area (Å²) in [6.07, 6.45) is 0. The normalized spacial score (nSPS) is 12.9. The third-order valence-corrected chi connectivity index (χ3v) is 14.5. The van der Waals surface area contributed by atoms with Crippen molar-refractivity contribution in [3.8, 4) is 55.6 Å². The van der Waals surface area contributed by atoms with Gasteiger partial charge in [-0.15, -0.1) is 0 Å². The van der Waals surface area contributed by atoms with Gasteiger partial charge >= 0.3 is 0 Å². The fourth-order valence-electron chi connectivity index (χ4n) is 11.7. The Balaban J connectivity index is 0.938. The van der Waals surface area contributed by atoms with Crippen LogP contribution in [-0.4, -0.2) is 0 Å². The highest BCUT2D eigenvalue weighted by molar-refractivity contribution is 6.11. The van der Waals surface area contributed by atoms with Crippen molar-refractivity contribution in [3.05, 3.63) is 271 Å². The van der Waals surface area contributed by atoms with Crippen LogP contribution in [0, 0.1) is 0 Å². The molecule has 12 aromatic rings. The lowest BCUT2D eigenvalue weighted by Gasteiger charge is -2.30. The average molecular weight is 852 g/mol. The monoisotopic (exact) mass is 851 g/mol. The van der Waals surface area contributed by atoms with Gasteiger partial charge in [0, 0.05) is 33.3 Å². The molecular weight excluding hydrogens is 811 g/mol. The number of anilines is 3. The first-order valence-electron chi connectivity index (χ1n) is 23.2. The van der Waals surface area contributed by atoms with Gasteiger partial charge in [0.2, 0.25) is 0 Å². The van der Waals surface area contributed by atoms with Crippen LogP contribution in [0.3, 0.4) is 0 Å². The van der Waals surface area contributed by atoms with E-state index in [0.717, 1.165) is 50.1 Å². The Morgan fingerprint density at radius 1 is 0.299 bits per heavy atom. The predicted octanol–water partition coefficient (Wildman–Crippen LogP) is 17.6. The average Bonchev–Trinajstić information content (AvgIpc) is 4.04. The lowest BCUT2D eigenvalue weighted by molar-refractivity contribution is 0.670. The van der Waals surface area contributed by atoms with Gasteiger partial charge in [-0.1, -0.05) is 212 Å². The van der Waals surface area contributed by atoms with Crippen molar-refractivity contribution in [2.75, 3.05) is 4.90 Å². The molecule has 312 valence electrons. The van der Waals surface area contributed by atoms with Gasteiger partial charge in [0.05, 0.1) is 11.1 Å². The SMILES string of the molecule is c1ccc(N(c2ccc(-c3cccc4c3-c3ccccc3C43c4ccccc4-c4ccccc43)cc2)c2ccc(-c3cccc4ccccc34)cc2)c(-c2cccc3c2oc2ccccc23)c1. The summed E-state index contributed by atoms with van der Waals surface area (Å²) in [6.45, 7) is 0. The van der Waals surface area contributed by atoms with E-state index in [-0.39, 0.29) is 0 Å². The molecule has 0 fully saturated rings. The molecule has 2 heteroatoms. The van der Waals surface area contributed by atoms with Crippen molar-refractivity contribution in [3.63, 3.8) is 0 Å². The van der Waals surface area contributed by atoms with E-state index in [1.807, 2.05) is 6.07 Å². The Kier molecular flexibility index (Phi) is 8.23. The lowest BCUT2D eigenvalue weighted by Crippen LogP contribution is -2.25. The zero-order chi connectivity index (χ0) is 44.1. The van der Waals surface area contributed by atoms with Crippen LogP contribution in [0.1, 0.15) is 22.3 Å². The summed E-state index contributed by atoms with van der Waals surface area (Å²) in [4.78, 5) is 2.40. The zero-order valence-electron chi connectivity index (χ0n) is 36.5. The van der Waals surface area contributed by atoms with E-state index >= 15 is 0 Å². The van der Waals surface area contributed by atoms with Gasteiger partial charge in [0.1, 0.15) is 11.2 Å². The minimum atomic E-state index is -0.392. The number of fused-ring (bicyclic) bond motifs is 14. The molecule has 2 aliphatic carbocycles. The molecule has 1 spiro atoms. The second-order valence-electron chi connectivity index (χ2n) is 17.9. The standard InChI is InChI=1S/C65H41NO/c1-2-18-47-42(16-1)17-13-24-48(47)43-34-38-45(39-35-43)66(61-32-11-6-21-52(61)54-26-14-27-55-53-22-7-12-33-62(53)67-64(54)55)46-40-36-44(37-41-46)49-25-15-31-60-63(49)56-23-5-10-30-59(56)65(60)57-28-8-3-19-50(57)51-20-4-9-29-58(51)65/h1-41H. The molecule has 0 unspecified atom stereocenters. The van der Waals surface area contributed by atoms with E-state index in [1.165, 1.54) is 77.5 Å². The highest BCUT2D eigenvalue weighted by Crippen LogP contribution is 2.64. The number of nitrogens with zero attached hydrogens (tertiary/aromatic N) is 1. The van der Waals surface area contributed by atoms with Crippen molar-refractivity contribution in [1.29, 1.82) is 0 Å². The van der Waals surface area contributed by atoms with Crippen LogP contribution in [-0.2, 0) is 5.41 Å². The summed E-state index contributed by atoms with van der Waals surface area (Å²) in [6, 6.07) is 91.1. The smallest absolute Gasteiger partial charge is 0.143 e. The molecule has 0 radical (unpaired) electrons. The maximum absolute atomic E-state index is 6.67. The van der Waals surface area contributed by atoms with Crippen LogP contribution in [0.4, 0.5) is 17.1 Å². The number of benzene rings is 11. The summed E-state index contributed by atoms with van der Waals surface area (Å²) in [5.41, 5.74) is 22.2. The predicted molar refractivity (Wildman–Crippen MR) is 279 cm³/mol. The van der Waals surface area contributed by atoms with Gasteiger partial charge in [-0.3, -0.25) is 0 Å². The maximum atomic E-state index is 6.67. The molecule has 14 rings (SSSR count). The molecule has 2 nitrogen and oxygen atoms in total.